The lowest BCUT2D eigenvalue weighted by molar-refractivity contribution is 0.0766. The van der Waals surface area contributed by atoms with Gasteiger partial charge in [-0.3, -0.25) is 14.8 Å². The predicted octanol–water partition coefficient (Wildman–Crippen LogP) is 5.40. The van der Waals surface area contributed by atoms with Gasteiger partial charge in [0.15, 0.2) is 0 Å². The number of aromatic nitrogens is 2. The number of ether oxygens (including phenoxy) is 1. The van der Waals surface area contributed by atoms with E-state index in [1.807, 2.05) is 72.5 Å². The van der Waals surface area contributed by atoms with Gasteiger partial charge in [0, 0.05) is 36.6 Å². The van der Waals surface area contributed by atoms with E-state index >= 15 is 0 Å². The van der Waals surface area contributed by atoms with Crippen molar-refractivity contribution in [2.45, 2.75) is 20.0 Å². The van der Waals surface area contributed by atoms with Gasteiger partial charge in [-0.25, -0.2) is 0 Å². The molecule has 0 atom stereocenters. The first kappa shape index (κ1) is 19.0. The van der Waals surface area contributed by atoms with Gasteiger partial charge in [0.05, 0.1) is 11.9 Å². The minimum atomic E-state index is 0.0720. The molecule has 0 unspecified atom stereocenters. The van der Waals surface area contributed by atoms with Gasteiger partial charge in [0.1, 0.15) is 11.5 Å². The van der Waals surface area contributed by atoms with Crippen molar-refractivity contribution >= 4 is 5.91 Å². The van der Waals surface area contributed by atoms with E-state index in [-0.39, 0.29) is 5.91 Å². The van der Waals surface area contributed by atoms with Gasteiger partial charge in [-0.1, -0.05) is 30.3 Å². The lowest BCUT2D eigenvalue weighted by atomic mass is 9.99. The fraction of sp³-hybridized carbons (Fsp3) is 0.115. The number of hydrogen-bond acceptors (Lipinski definition) is 4. The number of fused-ring (bicyclic) bond motifs is 1. The fourth-order valence-corrected chi connectivity index (χ4v) is 3.96. The Hall–Kier alpha value is -3.99. The topological polar surface area (TPSA) is 55.3 Å². The number of rotatable bonds is 5. The maximum atomic E-state index is 13.1. The van der Waals surface area contributed by atoms with Crippen LogP contribution in [0.3, 0.4) is 0 Å². The highest BCUT2D eigenvalue weighted by atomic mass is 16.5. The van der Waals surface area contributed by atoms with Crippen molar-refractivity contribution in [3.8, 4) is 22.8 Å². The lowest BCUT2D eigenvalue weighted by Gasteiger charge is -2.16. The molecule has 0 N–H and O–H groups in total. The molecule has 0 spiro atoms. The van der Waals surface area contributed by atoms with Crippen molar-refractivity contribution < 1.29 is 9.53 Å². The van der Waals surface area contributed by atoms with Gasteiger partial charge < -0.3 is 9.64 Å². The molecule has 0 radical (unpaired) electrons. The molecule has 0 saturated carbocycles. The van der Waals surface area contributed by atoms with Gasteiger partial charge >= 0.3 is 0 Å². The van der Waals surface area contributed by atoms with Crippen LogP contribution in [0, 0.1) is 6.92 Å². The Kier molecular flexibility index (Phi) is 4.92. The average Bonchev–Trinajstić information content (AvgIpc) is 3.12. The van der Waals surface area contributed by atoms with Crippen LogP contribution >= 0.6 is 0 Å². The van der Waals surface area contributed by atoms with Crippen LogP contribution in [0.15, 0.2) is 85.3 Å². The summed E-state index contributed by atoms with van der Waals surface area (Å²) < 4.78 is 5.85. The SMILES string of the molecule is Cc1cc(-c2cnccn2)cc2c1C(=O)N(Cc1ccc(Oc3ccccc3)cc1)C2. The lowest BCUT2D eigenvalue weighted by Crippen LogP contribution is -2.23. The Bertz CT molecular complexity index is 1220. The number of aryl methyl sites for hydroxylation is 1. The molecular weight excluding hydrogens is 386 g/mol. The molecule has 3 aromatic carbocycles. The zero-order valence-electron chi connectivity index (χ0n) is 17.2. The maximum absolute atomic E-state index is 13.1. The summed E-state index contributed by atoms with van der Waals surface area (Å²) in [6, 6.07) is 21.6. The predicted molar refractivity (Wildman–Crippen MR) is 119 cm³/mol. The molecule has 31 heavy (non-hydrogen) atoms. The van der Waals surface area contributed by atoms with Crippen LogP contribution in [0.1, 0.15) is 27.0 Å². The molecule has 0 saturated heterocycles. The summed E-state index contributed by atoms with van der Waals surface area (Å²) in [7, 11) is 0. The Balaban J connectivity index is 1.32. The molecular formula is C26H21N3O2. The van der Waals surface area contributed by atoms with E-state index in [0.717, 1.165) is 45.0 Å². The summed E-state index contributed by atoms with van der Waals surface area (Å²) >= 11 is 0. The number of carbonyl (C=O) groups is 1. The van der Waals surface area contributed by atoms with Gasteiger partial charge in [-0.15, -0.1) is 0 Å². The van der Waals surface area contributed by atoms with Crippen molar-refractivity contribution in [2.24, 2.45) is 0 Å². The smallest absolute Gasteiger partial charge is 0.255 e. The quantitative estimate of drug-likeness (QED) is 0.444. The standard InChI is InChI=1S/C26H21N3O2/c1-18-13-20(24-15-27-11-12-28-24)14-21-17-29(26(30)25(18)21)16-19-7-9-23(10-8-19)31-22-5-3-2-4-6-22/h2-15H,16-17H2,1H3. The Morgan fingerprint density at radius 3 is 2.48 bits per heavy atom. The molecule has 1 aromatic heterocycles. The largest absolute Gasteiger partial charge is 0.457 e. The molecule has 1 amide bonds. The summed E-state index contributed by atoms with van der Waals surface area (Å²) in [6.07, 6.45) is 5.08. The minimum Gasteiger partial charge on any atom is -0.457 e. The van der Waals surface area contributed by atoms with E-state index in [0.29, 0.717) is 13.1 Å². The number of nitrogens with zero attached hydrogens (tertiary/aromatic N) is 3. The summed E-state index contributed by atoms with van der Waals surface area (Å²) in [6.45, 7) is 3.13. The summed E-state index contributed by atoms with van der Waals surface area (Å²) in [5.41, 5.74) is 5.67. The molecule has 5 rings (SSSR count). The fourth-order valence-electron chi connectivity index (χ4n) is 3.96. The van der Waals surface area contributed by atoms with Crippen molar-refractivity contribution in [3.05, 3.63) is 108 Å². The monoisotopic (exact) mass is 407 g/mol. The van der Waals surface area contributed by atoms with E-state index in [4.69, 9.17) is 4.74 Å². The Morgan fingerprint density at radius 2 is 1.74 bits per heavy atom. The second-order valence-corrected chi connectivity index (χ2v) is 7.64. The van der Waals surface area contributed by atoms with Crippen LogP contribution in [0.2, 0.25) is 0 Å². The molecule has 0 fully saturated rings. The molecule has 5 nitrogen and oxygen atoms in total. The number of carbonyl (C=O) groups excluding carboxylic acids is 1. The van der Waals surface area contributed by atoms with Gasteiger partial charge in [0.2, 0.25) is 0 Å². The minimum absolute atomic E-state index is 0.0720. The van der Waals surface area contributed by atoms with Gasteiger partial charge in [-0.2, -0.15) is 0 Å². The third-order valence-electron chi connectivity index (χ3n) is 5.41. The van der Waals surface area contributed by atoms with E-state index in [1.165, 1.54) is 0 Å². The summed E-state index contributed by atoms with van der Waals surface area (Å²) in [5.74, 6) is 1.65. The highest BCUT2D eigenvalue weighted by Crippen LogP contribution is 2.32. The first-order valence-electron chi connectivity index (χ1n) is 10.2. The van der Waals surface area contributed by atoms with Crippen molar-refractivity contribution in [1.82, 2.24) is 14.9 Å². The molecule has 2 heterocycles. The zero-order valence-corrected chi connectivity index (χ0v) is 17.2. The van der Waals surface area contributed by atoms with E-state index in [9.17, 15) is 4.79 Å². The molecule has 5 heteroatoms. The number of para-hydroxylation sites is 1. The molecule has 0 aliphatic carbocycles. The second-order valence-electron chi connectivity index (χ2n) is 7.64. The van der Waals surface area contributed by atoms with Gasteiger partial charge in [-0.05, 0) is 60.0 Å². The molecule has 1 aliphatic rings. The van der Waals surface area contributed by atoms with Crippen molar-refractivity contribution in [1.29, 1.82) is 0 Å². The third kappa shape index (κ3) is 3.90. The molecule has 152 valence electrons. The molecule has 1 aliphatic heterocycles. The van der Waals surface area contributed by atoms with Crippen LogP contribution in [-0.4, -0.2) is 20.8 Å². The molecule has 4 aromatic rings. The Labute approximate surface area is 181 Å². The number of benzene rings is 3. The number of hydrogen-bond donors (Lipinski definition) is 0. The van der Waals surface area contributed by atoms with Gasteiger partial charge in [0.25, 0.3) is 5.91 Å². The number of amides is 1. The third-order valence-corrected chi connectivity index (χ3v) is 5.41. The van der Waals surface area contributed by atoms with E-state index < -0.39 is 0 Å². The molecule has 0 bridgehead atoms. The zero-order chi connectivity index (χ0) is 21.2. The maximum Gasteiger partial charge on any atom is 0.255 e. The van der Waals surface area contributed by atoms with Crippen molar-refractivity contribution in [3.63, 3.8) is 0 Å². The van der Waals surface area contributed by atoms with Crippen LogP contribution in [0.5, 0.6) is 11.5 Å². The highest BCUT2D eigenvalue weighted by molar-refractivity contribution is 6.00. The van der Waals surface area contributed by atoms with Crippen molar-refractivity contribution in [2.75, 3.05) is 0 Å². The van der Waals surface area contributed by atoms with Crippen LogP contribution < -0.4 is 4.74 Å². The average molecular weight is 407 g/mol. The highest BCUT2D eigenvalue weighted by Gasteiger charge is 2.29. The first-order chi connectivity index (χ1) is 15.2. The summed E-state index contributed by atoms with van der Waals surface area (Å²) in [5, 5.41) is 0. The normalized spacial score (nSPS) is 12.7. The van der Waals surface area contributed by atoms with E-state index in [2.05, 4.69) is 16.0 Å². The van der Waals surface area contributed by atoms with E-state index in [1.54, 1.807) is 18.6 Å². The second kappa shape index (κ2) is 8.03. The first-order valence-corrected chi connectivity index (χ1v) is 10.2. The van der Waals surface area contributed by atoms with Crippen LogP contribution in [-0.2, 0) is 13.1 Å². The Morgan fingerprint density at radius 1 is 0.968 bits per heavy atom. The van der Waals surface area contributed by atoms with Crippen LogP contribution in [0.4, 0.5) is 0 Å². The summed E-state index contributed by atoms with van der Waals surface area (Å²) in [4.78, 5) is 23.5. The van der Waals surface area contributed by atoms with Crippen LogP contribution in [0.25, 0.3) is 11.3 Å².